The van der Waals surface area contributed by atoms with E-state index in [9.17, 15) is 14.9 Å². The van der Waals surface area contributed by atoms with Gasteiger partial charge >= 0.3 is 11.7 Å². The number of nitro groups is 1. The molecule has 0 saturated heterocycles. The maximum absolute atomic E-state index is 11.1. The van der Waals surface area contributed by atoms with Crippen LogP contribution in [0.5, 0.6) is 5.75 Å². The molecule has 6 nitrogen and oxygen atoms in total. The quantitative estimate of drug-likeness (QED) is 0.658. The molecule has 0 aliphatic rings. The molecule has 2 aromatic rings. The van der Waals surface area contributed by atoms with Crippen LogP contribution in [0.2, 0.25) is 5.02 Å². The lowest BCUT2D eigenvalue weighted by atomic mass is 10.1. The molecule has 1 aromatic carbocycles. The normalized spacial score (nSPS) is 11.9. The Bertz CT molecular complexity index is 668. The first-order valence-electron chi connectivity index (χ1n) is 5.82. The Hall–Kier alpha value is -2.12. The van der Waals surface area contributed by atoms with Gasteiger partial charge < -0.3 is 9.84 Å². The van der Waals surface area contributed by atoms with E-state index in [1.165, 1.54) is 0 Å². The number of aromatic carboxylic acids is 1. The summed E-state index contributed by atoms with van der Waals surface area (Å²) in [6, 6.07) is 6.87. The standard InChI is InChI=1S/C13H10ClNO5S/c1-7(8-4-2-3-5-9(8)14)20-11-10(15(18)19)6-21-12(11)13(16)17/h2-7H,1H3,(H,16,17)/t7-/m1/s1. The van der Waals surface area contributed by atoms with E-state index in [4.69, 9.17) is 21.4 Å². The van der Waals surface area contributed by atoms with Gasteiger partial charge in [0.2, 0.25) is 5.75 Å². The number of halogens is 1. The summed E-state index contributed by atoms with van der Waals surface area (Å²) in [7, 11) is 0. The number of rotatable bonds is 5. The minimum absolute atomic E-state index is 0.208. The Morgan fingerprint density at radius 3 is 2.71 bits per heavy atom. The number of hydrogen-bond acceptors (Lipinski definition) is 5. The monoisotopic (exact) mass is 327 g/mol. The van der Waals surface area contributed by atoms with Crippen LogP contribution in [-0.4, -0.2) is 16.0 Å². The van der Waals surface area contributed by atoms with Crippen LogP contribution in [-0.2, 0) is 0 Å². The summed E-state index contributed by atoms with van der Waals surface area (Å²) >= 11 is 6.79. The fourth-order valence-electron chi connectivity index (χ4n) is 1.77. The summed E-state index contributed by atoms with van der Waals surface area (Å²) in [5.74, 6) is -1.51. The van der Waals surface area contributed by atoms with Crippen LogP contribution in [0, 0.1) is 10.1 Å². The molecule has 1 atom stereocenters. The maximum atomic E-state index is 11.1. The predicted octanol–water partition coefficient (Wildman–Crippen LogP) is 4.15. The molecule has 1 heterocycles. The zero-order valence-corrected chi connectivity index (χ0v) is 12.4. The molecule has 1 N–H and O–H groups in total. The van der Waals surface area contributed by atoms with E-state index in [0.29, 0.717) is 10.6 Å². The van der Waals surface area contributed by atoms with Crippen molar-refractivity contribution < 1.29 is 19.6 Å². The molecule has 0 bridgehead atoms. The molecule has 1 aromatic heterocycles. The number of nitrogens with zero attached hydrogens (tertiary/aromatic N) is 1. The molecule has 0 fully saturated rings. The number of carbonyl (C=O) groups is 1. The van der Waals surface area contributed by atoms with Gasteiger partial charge in [-0.2, -0.15) is 0 Å². The fraction of sp³-hybridized carbons (Fsp3) is 0.154. The van der Waals surface area contributed by atoms with E-state index in [-0.39, 0.29) is 16.3 Å². The molecular weight excluding hydrogens is 318 g/mol. The Morgan fingerprint density at radius 2 is 2.14 bits per heavy atom. The number of carboxylic acids is 1. The van der Waals surface area contributed by atoms with Crippen molar-refractivity contribution in [3.63, 3.8) is 0 Å². The van der Waals surface area contributed by atoms with Gasteiger partial charge in [-0.25, -0.2) is 4.79 Å². The number of ether oxygens (including phenoxy) is 1. The van der Waals surface area contributed by atoms with E-state index < -0.39 is 17.0 Å². The summed E-state index contributed by atoms with van der Waals surface area (Å²) in [4.78, 5) is 21.2. The Kier molecular flexibility index (Phi) is 4.44. The van der Waals surface area contributed by atoms with Crippen LogP contribution in [0.1, 0.15) is 28.3 Å². The molecule has 0 unspecified atom stereocenters. The van der Waals surface area contributed by atoms with Gasteiger partial charge in [-0.15, -0.1) is 11.3 Å². The van der Waals surface area contributed by atoms with Crippen LogP contribution in [0.3, 0.4) is 0 Å². The van der Waals surface area contributed by atoms with Crippen LogP contribution < -0.4 is 4.74 Å². The third-order valence-corrected chi connectivity index (χ3v) is 4.04. The van der Waals surface area contributed by atoms with Gasteiger partial charge in [0.15, 0.2) is 4.88 Å². The van der Waals surface area contributed by atoms with E-state index >= 15 is 0 Å². The van der Waals surface area contributed by atoms with Crippen LogP contribution >= 0.6 is 22.9 Å². The third kappa shape index (κ3) is 3.14. The van der Waals surface area contributed by atoms with Crippen molar-refractivity contribution in [3.8, 4) is 5.75 Å². The smallest absolute Gasteiger partial charge is 0.350 e. The summed E-state index contributed by atoms with van der Waals surface area (Å²) < 4.78 is 5.51. The topological polar surface area (TPSA) is 89.7 Å². The van der Waals surface area contributed by atoms with Crippen molar-refractivity contribution in [2.24, 2.45) is 0 Å². The molecule has 8 heteroatoms. The zero-order chi connectivity index (χ0) is 15.6. The first kappa shape index (κ1) is 15.3. The highest BCUT2D eigenvalue weighted by atomic mass is 35.5. The van der Waals surface area contributed by atoms with Crippen LogP contribution in [0.25, 0.3) is 0 Å². The second-order valence-electron chi connectivity index (χ2n) is 4.12. The molecule has 0 spiro atoms. The van der Waals surface area contributed by atoms with Gasteiger partial charge in [0.05, 0.1) is 10.3 Å². The number of benzene rings is 1. The Labute approximate surface area is 128 Å². The summed E-state index contributed by atoms with van der Waals surface area (Å²) in [5.41, 5.74) is 0.257. The Balaban J connectivity index is 2.39. The van der Waals surface area contributed by atoms with Gasteiger partial charge in [0.25, 0.3) is 0 Å². The van der Waals surface area contributed by atoms with Gasteiger partial charge in [-0.05, 0) is 13.0 Å². The average Bonchev–Trinajstić information content (AvgIpc) is 2.83. The second-order valence-corrected chi connectivity index (χ2v) is 5.41. The van der Waals surface area contributed by atoms with Crippen molar-refractivity contribution >= 4 is 34.6 Å². The van der Waals surface area contributed by atoms with Gasteiger partial charge in [0.1, 0.15) is 6.10 Å². The van der Waals surface area contributed by atoms with Gasteiger partial charge in [0, 0.05) is 10.6 Å². The molecule has 2 rings (SSSR count). The minimum atomic E-state index is -1.27. The van der Waals surface area contributed by atoms with E-state index in [0.717, 1.165) is 16.7 Å². The minimum Gasteiger partial charge on any atom is -0.478 e. The fourth-order valence-corrected chi connectivity index (χ4v) is 2.84. The third-order valence-electron chi connectivity index (χ3n) is 2.76. The van der Waals surface area contributed by atoms with Crippen molar-refractivity contribution in [2.45, 2.75) is 13.0 Å². The lowest BCUT2D eigenvalue weighted by Crippen LogP contribution is -2.07. The van der Waals surface area contributed by atoms with Crippen LogP contribution in [0.4, 0.5) is 5.69 Å². The van der Waals surface area contributed by atoms with Gasteiger partial charge in [-0.3, -0.25) is 10.1 Å². The summed E-state index contributed by atoms with van der Waals surface area (Å²) in [6.45, 7) is 1.65. The van der Waals surface area contributed by atoms with E-state index in [2.05, 4.69) is 0 Å². The van der Waals surface area contributed by atoms with E-state index in [1.807, 2.05) is 0 Å². The lowest BCUT2D eigenvalue weighted by molar-refractivity contribution is -0.385. The maximum Gasteiger partial charge on any atom is 0.350 e. The summed E-state index contributed by atoms with van der Waals surface area (Å²) in [6.07, 6.45) is -0.620. The van der Waals surface area contributed by atoms with Crippen molar-refractivity contribution in [1.82, 2.24) is 0 Å². The van der Waals surface area contributed by atoms with Crippen molar-refractivity contribution in [2.75, 3.05) is 0 Å². The van der Waals surface area contributed by atoms with E-state index in [1.54, 1.807) is 31.2 Å². The molecule has 0 aliphatic carbocycles. The second kappa shape index (κ2) is 6.11. The highest BCUT2D eigenvalue weighted by Gasteiger charge is 2.28. The molecule has 0 aliphatic heterocycles. The predicted molar refractivity (Wildman–Crippen MR) is 78.4 cm³/mol. The molecule has 110 valence electrons. The van der Waals surface area contributed by atoms with Gasteiger partial charge in [-0.1, -0.05) is 29.8 Å². The first-order valence-corrected chi connectivity index (χ1v) is 7.07. The van der Waals surface area contributed by atoms with Crippen molar-refractivity contribution in [3.05, 3.63) is 55.2 Å². The molecule has 0 radical (unpaired) electrons. The van der Waals surface area contributed by atoms with Crippen LogP contribution in [0.15, 0.2) is 29.6 Å². The number of carboxylic acid groups (broad SMARTS) is 1. The zero-order valence-electron chi connectivity index (χ0n) is 10.8. The summed E-state index contributed by atoms with van der Waals surface area (Å²) in [5, 5.41) is 21.6. The SMILES string of the molecule is C[C@@H](Oc1c([N+](=O)[O-])csc1C(=O)O)c1ccccc1Cl. The average molecular weight is 328 g/mol. The molecule has 0 saturated carbocycles. The number of hydrogen-bond donors (Lipinski definition) is 1. The lowest BCUT2D eigenvalue weighted by Gasteiger charge is -2.15. The Morgan fingerprint density at radius 1 is 1.48 bits per heavy atom. The molecular formula is C13H10ClNO5S. The molecule has 0 amide bonds. The molecule has 21 heavy (non-hydrogen) atoms. The largest absolute Gasteiger partial charge is 0.478 e. The number of thiophene rings is 1. The highest BCUT2D eigenvalue weighted by molar-refractivity contribution is 7.12. The first-order chi connectivity index (χ1) is 9.91. The van der Waals surface area contributed by atoms with Crippen molar-refractivity contribution in [1.29, 1.82) is 0 Å². The highest BCUT2D eigenvalue weighted by Crippen LogP contribution is 2.40.